The van der Waals surface area contributed by atoms with Crippen LogP contribution in [0, 0.1) is 5.92 Å². The molecular weight excluding hydrogens is 398 g/mol. The molecule has 0 aliphatic carbocycles. The van der Waals surface area contributed by atoms with Gasteiger partial charge in [0, 0.05) is 24.0 Å². The third kappa shape index (κ3) is 7.05. The Balaban J connectivity index is 1.92. The fraction of sp³-hybridized carbons (Fsp3) is 0.474. The summed E-state index contributed by atoms with van der Waals surface area (Å²) in [7, 11) is 0. The first-order valence-electron chi connectivity index (χ1n) is 9.13. The van der Waals surface area contributed by atoms with Crippen molar-refractivity contribution in [3.8, 4) is 0 Å². The molecule has 1 saturated heterocycles. The Morgan fingerprint density at radius 3 is 2.96 bits per heavy atom. The van der Waals surface area contributed by atoms with Crippen LogP contribution in [0.25, 0.3) is 6.08 Å². The smallest absolute Gasteiger partial charge is 0.308 e. The lowest BCUT2D eigenvalue weighted by Gasteiger charge is -2.36. The molecule has 152 valence electrons. The van der Waals surface area contributed by atoms with E-state index in [1.807, 2.05) is 31.4 Å². The topological polar surface area (TPSA) is 87.7 Å². The number of carbonyl (C=O) groups excluding carboxylic acids is 3. The zero-order valence-electron chi connectivity index (χ0n) is 16.0. The maximum Gasteiger partial charge on any atom is 0.308 e. The van der Waals surface area contributed by atoms with Gasteiger partial charge in [0.2, 0.25) is 11.8 Å². The predicted molar refractivity (Wildman–Crippen MR) is 113 cm³/mol. The van der Waals surface area contributed by atoms with Crippen molar-refractivity contribution in [3.05, 3.63) is 28.5 Å². The molecule has 1 aliphatic rings. The molecule has 2 amide bonds. The predicted octanol–water partition coefficient (Wildman–Crippen LogP) is 1.94. The first-order valence-corrected chi connectivity index (χ1v) is 10.4. The highest BCUT2D eigenvalue weighted by molar-refractivity contribution is 7.80. The van der Waals surface area contributed by atoms with Crippen molar-refractivity contribution in [1.29, 1.82) is 0 Å². The number of thiophene rings is 1. The van der Waals surface area contributed by atoms with Gasteiger partial charge in [-0.25, -0.2) is 0 Å². The van der Waals surface area contributed by atoms with Crippen LogP contribution < -0.4 is 10.6 Å². The quantitative estimate of drug-likeness (QED) is 0.396. The average Bonchev–Trinajstić information content (AvgIpc) is 3.15. The van der Waals surface area contributed by atoms with Crippen LogP contribution in [-0.2, 0) is 19.1 Å². The van der Waals surface area contributed by atoms with E-state index in [-0.39, 0.29) is 23.3 Å². The van der Waals surface area contributed by atoms with E-state index in [2.05, 4.69) is 10.6 Å². The second-order valence-corrected chi connectivity index (χ2v) is 8.12. The second kappa shape index (κ2) is 10.9. The Morgan fingerprint density at radius 1 is 1.50 bits per heavy atom. The van der Waals surface area contributed by atoms with Crippen LogP contribution in [0.15, 0.2) is 23.6 Å². The monoisotopic (exact) mass is 423 g/mol. The van der Waals surface area contributed by atoms with Crippen molar-refractivity contribution in [2.75, 3.05) is 19.7 Å². The number of piperazine rings is 1. The molecule has 1 aliphatic heterocycles. The highest BCUT2D eigenvalue weighted by atomic mass is 32.1. The molecule has 0 aromatic carbocycles. The van der Waals surface area contributed by atoms with Gasteiger partial charge >= 0.3 is 5.97 Å². The second-order valence-electron chi connectivity index (χ2n) is 6.75. The molecule has 0 spiro atoms. The van der Waals surface area contributed by atoms with E-state index in [0.717, 1.165) is 11.3 Å². The summed E-state index contributed by atoms with van der Waals surface area (Å²) in [5.74, 6) is -0.729. The molecule has 2 N–H and O–H groups in total. The van der Waals surface area contributed by atoms with E-state index in [1.54, 1.807) is 11.0 Å². The minimum absolute atomic E-state index is 0.120. The standard InChI is InChI=1S/C19H25N3O4S2/c1-13(2)7-10-26-17(24)12-15-18(25)20-8-9-22(15)19(27)21-16(23)6-5-14-4-3-11-28-14/h3-6,11,13,15H,7-10,12H2,1-2H3,(H,20,25)(H,21,23,27)/b6-5+. The van der Waals surface area contributed by atoms with Crippen LogP contribution in [0.5, 0.6) is 0 Å². The first kappa shape index (κ1) is 22.0. The van der Waals surface area contributed by atoms with Crippen LogP contribution in [0.3, 0.4) is 0 Å². The van der Waals surface area contributed by atoms with Crippen molar-refractivity contribution < 1.29 is 19.1 Å². The van der Waals surface area contributed by atoms with E-state index in [4.69, 9.17) is 17.0 Å². The summed E-state index contributed by atoms with van der Waals surface area (Å²) in [6.45, 7) is 5.19. The number of thiocarbonyl (C=S) groups is 1. The number of hydrogen-bond donors (Lipinski definition) is 2. The van der Waals surface area contributed by atoms with Crippen LogP contribution in [-0.4, -0.2) is 53.5 Å². The molecule has 9 heteroatoms. The highest BCUT2D eigenvalue weighted by Crippen LogP contribution is 2.12. The summed E-state index contributed by atoms with van der Waals surface area (Å²) >= 11 is 6.81. The number of amides is 2. The average molecular weight is 424 g/mol. The lowest BCUT2D eigenvalue weighted by atomic mass is 10.1. The minimum atomic E-state index is -0.797. The SMILES string of the molecule is CC(C)CCOC(=O)CC1C(=O)NCCN1C(=S)NC(=O)/C=C/c1cccs1. The van der Waals surface area contributed by atoms with Gasteiger partial charge in [0.15, 0.2) is 5.11 Å². The summed E-state index contributed by atoms with van der Waals surface area (Å²) in [5, 5.41) is 7.36. The Bertz CT molecular complexity index is 732. The summed E-state index contributed by atoms with van der Waals surface area (Å²) in [5.41, 5.74) is 0. The largest absolute Gasteiger partial charge is 0.466 e. The molecule has 1 aromatic rings. The molecule has 1 fully saturated rings. The Labute approximate surface area is 174 Å². The third-order valence-electron chi connectivity index (χ3n) is 4.08. The molecule has 0 saturated carbocycles. The number of hydrogen-bond acceptors (Lipinski definition) is 6. The van der Waals surface area contributed by atoms with Crippen LogP contribution in [0.1, 0.15) is 31.6 Å². The van der Waals surface area contributed by atoms with E-state index in [1.165, 1.54) is 17.4 Å². The molecule has 7 nitrogen and oxygen atoms in total. The van der Waals surface area contributed by atoms with Crippen LogP contribution in [0.2, 0.25) is 0 Å². The number of ether oxygens (including phenoxy) is 1. The minimum Gasteiger partial charge on any atom is -0.466 e. The fourth-order valence-corrected chi connectivity index (χ4v) is 3.49. The molecule has 0 radical (unpaired) electrons. The normalized spacial score (nSPS) is 16.9. The van der Waals surface area contributed by atoms with Gasteiger partial charge in [0.1, 0.15) is 6.04 Å². The first-order chi connectivity index (χ1) is 13.4. The Kier molecular flexibility index (Phi) is 8.59. The molecule has 1 unspecified atom stereocenters. The number of esters is 1. The van der Waals surface area contributed by atoms with Gasteiger partial charge in [-0.05, 0) is 42.1 Å². The Morgan fingerprint density at radius 2 is 2.29 bits per heavy atom. The molecule has 1 atom stereocenters. The lowest BCUT2D eigenvalue weighted by molar-refractivity contribution is -0.147. The number of nitrogens with zero attached hydrogens (tertiary/aromatic N) is 1. The van der Waals surface area contributed by atoms with Crippen LogP contribution in [0.4, 0.5) is 0 Å². The van der Waals surface area contributed by atoms with Crippen molar-refractivity contribution in [1.82, 2.24) is 15.5 Å². The van der Waals surface area contributed by atoms with Crippen molar-refractivity contribution >= 4 is 52.5 Å². The highest BCUT2D eigenvalue weighted by Gasteiger charge is 2.34. The molecule has 2 heterocycles. The summed E-state index contributed by atoms with van der Waals surface area (Å²) in [6, 6.07) is 2.99. The Hall–Kier alpha value is -2.26. The van der Waals surface area contributed by atoms with E-state index in [0.29, 0.717) is 25.6 Å². The molecule has 28 heavy (non-hydrogen) atoms. The maximum absolute atomic E-state index is 12.2. The van der Waals surface area contributed by atoms with Crippen molar-refractivity contribution in [3.63, 3.8) is 0 Å². The van der Waals surface area contributed by atoms with Crippen LogP contribution >= 0.6 is 23.6 Å². The van der Waals surface area contributed by atoms with Gasteiger partial charge in [0.05, 0.1) is 13.0 Å². The number of nitrogens with one attached hydrogen (secondary N) is 2. The van der Waals surface area contributed by atoms with E-state index in [9.17, 15) is 14.4 Å². The van der Waals surface area contributed by atoms with Crippen molar-refractivity contribution in [2.24, 2.45) is 5.92 Å². The number of rotatable bonds is 7. The van der Waals surface area contributed by atoms with Gasteiger partial charge in [-0.2, -0.15) is 0 Å². The fourth-order valence-electron chi connectivity index (χ4n) is 2.55. The van der Waals surface area contributed by atoms with E-state index >= 15 is 0 Å². The summed E-state index contributed by atoms with van der Waals surface area (Å²) in [6.07, 6.45) is 3.72. The molecule has 2 rings (SSSR count). The van der Waals surface area contributed by atoms with Gasteiger partial charge in [-0.3, -0.25) is 19.7 Å². The molecular formula is C19H25N3O4S2. The molecule has 0 bridgehead atoms. The zero-order valence-corrected chi connectivity index (χ0v) is 17.6. The summed E-state index contributed by atoms with van der Waals surface area (Å²) in [4.78, 5) is 39.0. The van der Waals surface area contributed by atoms with Gasteiger partial charge in [-0.1, -0.05) is 19.9 Å². The van der Waals surface area contributed by atoms with Gasteiger partial charge < -0.3 is 15.0 Å². The lowest BCUT2D eigenvalue weighted by Crippen LogP contribution is -2.60. The zero-order chi connectivity index (χ0) is 20.5. The number of carbonyl (C=O) groups is 3. The third-order valence-corrected chi connectivity index (χ3v) is 5.26. The maximum atomic E-state index is 12.2. The summed E-state index contributed by atoms with van der Waals surface area (Å²) < 4.78 is 5.21. The van der Waals surface area contributed by atoms with Gasteiger partial charge in [0.25, 0.3) is 0 Å². The van der Waals surface area contributed by atoms with E-state index < -0.39 is 12.0 Å². The van der Waals surface area contributed by atoms with Gasteiger partial charge in [-0.15, -0.1) is 11.3 Å². The molecule has 1 aromatic heterocycles. The van der Waals surface area contributed by atoms with Crippen molar-refractivity contribution in [2.45, 2.75) is 32.7 Å².